The Hall–Kier alpha value is -2.04. The largest absolute Gasteiger partial charge is 0.487 e. The second kappa shape index (κ2) is 8.54. The molecule has 150 valence electrons. The highest BCUT2D eigenvalue weighted by Gasteiger charge is 2.43. The first-order valence-corrected chi connectivity index (χ1v) is 9.97. The lowest BCUT2D eigenvalue weighted by Crippen LogP contribution is -2.45. The first kappa shape index (κ1) is 20.7. The first-order chi connectivity index (χ1) is 13.1. The molecule has 1 fully saturated rings. The molecule has 1 saturated carbocycles. The number of hydrogen-bond donors (Lipinski definition) is 2. The number of hydrogen-bond acceptors (Lipinski definition) is 3. The number of nitrogens with one attached hydrogen (secondary N) is 1. The fourth-order valence-corrected chi connectivity index (χ4v) is 4.50. The van der Waals surface area contributed by atoms with Crippen LogP contribution in [0.3, 0.4) is 0 Å². The van der Waals surface area contributed by atoms with Crippen LogP contribution in [-0.2, 0) is 4.79 Å². The molecule has 3 N–H and O–H groups in total. The summed E-state index contributed by atoms with van der Waals surface area (Å²) < 4.78 is 6.39. The molecule has 4 nitrogen and oxygen atoms in total. The first-order valence-electron chi connectivity index (χ1n) is 9.97. The fraction of sp³-hybridized carbons (Fsp3) is 0.435. The minimum atomic E-state index is -0.318. The zero-order valence-electron chi connectivity index (χ0n) is 16.3. The molecule has 3 unspecified atom stereocenters. The third-order valence-electron chi connectivity index (χ3n) is 6.17. The van der Waals surface area contributed by atoms with Crippen LogP contribution < -0.4 is 15.8 Å². The average Bonchev–Trinajstić information content (AvgIpc) is 3.14. The highest BCUT2D eigenvalue weighted by atomic mass is 35.5. The Balaban J connectivity index is 0.00000225. The van der Waals surface area contributed by atoms with Gasteiger partial charge in [0.1, 0.15) is 11.4 Å². The molecule has 0 saturated heterocycles. The molecule has 28 heavy (non-hydrogen) atoms. The van der Waals surface area contributed by atoms with Crippen molar-refractivity contribution in [2.45, 2.75) is 56.7 Å². The highest BCUT2D eigenvalue weighted by molar-refractivity contribution is 5.85. The molecule has 3 atom stereocenters. The van der Waals surface area contributed by atoms with E-state index in [1.165, 1.54) is 12.8 Å². The van der Waals surface area contributed by atoms with E-state index in [0.29, 0.717) is 0 Å². The van der Waals surface area contributed by atoms with Gasteiger partial charge in [0.15, 0.2) is 0 Å². The summed E-state index contributed by atoms with van der Waals surface area (Å²) in [5.41, 5.74) is 8.30. The normalized spacial score (nSPS) is 21.7. The summed E-state index contributed by atoms with van der Waals surface area (Å²) in [7, 11) is 0. The van der Waals surface area contributed by atoms with E-state index in [0.717, 1.165) is 36.1 Å². The number of rotatable bonds is 4. The van der Waals surface area contributed by atoms with Crippen LogP contribution in [0.25, 0.3) is 0 Å². The summed E-state index contributed by atoms with van der Waals surface area (Å²) in [6.45, 7) is 1.91. The molecule has 1 aliphatic carbocycles. The molecule has 2 aromatic rings. The van der Waals surface area contributed by atoms with E-state index >= 15 is 0 Å². The van der Waals surface area contributed by atoms with Crippen LogP contribution in [-0.4, -0.2) is 11.5 Å². The quantitative estimate of drug-likeness (QED) is 0.781. The Bertz CT molecular complexity index is 805. The van der Waals surface area contributed by atoms with Crippen LogP contribution in [0.5, 0.6) is 5.75 Å². The molecular weight excluding hydrogens is 372 g/mol. The molecule has 0 aromatic heterocycles. The van der Waals surface area contributed by atoms with Crippen molar-refractivity contribution < 1.29 is 9.53 Å². The molecule has 4 rings (SSSR count). The van der Waals surface area contributed by atoms with Crippen molar-refractivity contribution in [2.24, 2.45) is 11.7 Å². The van der Waals surface area contributed by atoms with Gasteiger partial charge in [-0.1, -0.05) is 55.5 Å². The molecular formula is C23H29ClN2O2. The Morgan fingerprint density at radius 3 is 2.46 bits per heavy atom. The van der Waals surface area contributed by atoms with Crippen molar-refractivity contribution >= 4 is 18.3 Å². The van der Waals surface area contributed by atoms with Crippen LogP contribution in [0.1, 0.15) is 62.2 Å². The summed E-state index contributed by atoms with van der Waals surface area (Å²) in [6, 6.07) is 17.6. The van der Waals surface area contributed by atoms with Crippen LogP contribution in [0.15, 0.2) is 54.6 Å². The zero-order chi connectivity index (χ0) is 18.9. The Morgan fingerprint density at radius 1 is 1.11 bits per heavy atom. The van der Waals surface area contributed by atoms with Gasteiger partial charge in [0.05, 0.1) is 12.0 Å². The predicted molar refractivity (Wildman–Crippen MR) is 114 cm³/mol. The number of amides is 1. The smallest absolute Gasteiger partial charge is 0.225 e. The number of para-hydroxylation sites is 1. The zero-order valence-corrected chi connectivity index (χ0v) is 17.1. The summed E-state index contributed by atoms with van der Waals surface area (Å²) in [4.78, 5) is 13.0. The van der Waals surface area contributed by atoms with Gasteiger partial charge in [-0.15, -0.1) is 12.4 Å². The van der Waals surface area contributed by atoms with Gasteiger partial charge in [0, 0.05) is 18.0 Å². The van der Waals surface area contributed by atoms with E-state index in [-0.39, 0.29) is 41.9 Å². The van der Waals surface area contributed by atoms with Crippen molar-refractivity contribution in [2.75, 3.05) is 0 Å². The minimum absolute atomic E-state index is 0. The third kappa shape index (κ3) is 4.03. The number of nitrogens with two attached hydrogens (primary N) is 1. The lowest BCUT2D eigenvalue weighted by atomic mass is 9.85. The van der Waals surface area contributed by atoms with Crippen molar-refractivity contribution in [3.8, 4) is 5.75 Å². The Kier molecular flexibility index (Phi) is 6.31. The molecule has 1 spiro atoms. The molecule has 2 aliphatic rings. The fourth-order valence-electron chi connectivity index (χ4n) is 4.50. The third-order valence-corrected chi connectivity index (χ3v) is 6.17. The monoisotopic (exact) mass is 400 g/mol. The molecule has 0 radical (unpaired) electrons. The number of carbonyl (C=O) groups excluding carboxylic acids is 1. The van der Waals surface area contributed by atoms with Crippen LogP contribution >= 0.6 is 12.4 Å². The van der Waals surface area contributed by atoms with Crippen LogP contribution in [0, 0.1) is 5.92 Å². The highest BCUT2D eigenvalue weighted by Crippen LogP contribution is 2.47. The maximum absolute atomic E-state index is 13.0. The van der Waals surface area contributed by atoms with Crippen molar-refractivity contribution in [1.29, 1.82) is 0 Å². The van der Waals surface area contributed by atoms with Gasteiger partial charge in [-0.25, -0.2) is 0 Å². The number of ether oxygens (including phenoxy) is 1. The number of carbonyl (C=O) groups is 1. The lowest BCUT2D eigenvalue weighted by molar-refractivity contribution is -0.126. The van der Waals surface area contributed by atoms with Crippen LogP contribution in [0.4, 0.5) is 0 Å². The van der Waals surface area contributed by atoms with Crippen LogP contribution in [0.2, 0.25) is 0 Å². The van der Waals surface area contributed by atoms with E-state index in [4.69, 9.17) is 10.5 Å². The Morgan fingerprint density at radius 2 is 1.75 bits per heavy atom. The molecule has 1 heterocycles. The maximum atomic E-state index is 13.0. The summed E-state index contributed by atoms with van der Waals surface area (Å²) in [6.07, 6.45) is 5.35. The van der Waals surface area contributed by atoms with Gasteiger partial charge in [-0.2, -0.15) is 0 Å². The standard InChI is InChI=1S/C23H28N2O2.ClH/c1-16(21(24)17-9-3-2-4-10-17)22(26)25-19-15-23(13-7-8-14-23)27-20-12-6-5-11-18(19)20;/h2-6,9-12,16,19,21H,7-8,13-15,24H2,1H3,(H,25,26);1H. The van der Waals surface area contributed by atoms with Gasteiger partial charge >= 0.3 is 0 Å². The van der Waals surface area contributed by atoms with Gasteiger partial charge in [0.2, 0.25) is 5.91 Å². The summed E-state index contributed by atoms with van der Waals surface area (Å²) >= 11 is 0. The lowest BCUT2D eigenvalue weighted by Gasteiger charge is -2.40. The average molecular weight is 401 g/mol. The maximum Gasteiger partial charge on any atom is 0.225 e. The van der Waals surface area contributed by atoms with Gasteiger partial charge in [0.25, 0.3) is 0 Å². The topological polar surface area (TPSA) is 64.3 Å². The van der Waals surface area contributed by atoms with E-state index < -0.39 is 0 Å². The molecule has 0 bridgehead atoms. The molecule has 1 amide bonds. The number of benzene rings is 2. The SMILES string of the molecule is CC(C(=O)NC1CC2(CCCC2)Oc2ccccc21)C(N)c1ccccc1.Cl. The predicted octanol–water partition coefficient (Wildman–Crippen LogP) is 4.70. The van der Waals surface area contributed by atoms with Crippen molar-refractivity contribution in [1.82, 2.24) is 5.32 Å². The summed E-state index contributed by atoms with van der Waals surface area (Å²) in [5.74, 6) is 0.610. The van der Waals surface area contributed by atoms with E-state index in [9.17, 15) is 4.79 Å². The van der Waals surface area contributed by atoms with E-state index in [1.54, 1.807) is 0 Å². The van der Waals surface area contributed by atoms with Gasteiger partial charge in [-0.3, -0.25) is 4.79 Å². The molecule has 1 aliphatic heterocycles. The van der Waals surface area contributed by atoms with Gasteiger partial charge < -0.3 is 15.8 Å². The second-order valence-corrected chi connectivity index (χ2v) is 8.02. The van der Waals surface area contributed by atoms with Crippen molar-refractivity contribution in [3.63, 3.8) is 0 Å². The number of fused-ring (bicyclic) bond motifs is 1. The second-order valence-electron chi connectivity index (χ2n) is 8.02. The Labute approximate surface area is 173 Å². The number of halogens is 1. The summed E-state index contributed by atoms with van der Waals surface area (Å²) in [5, 5.41) is 3.28. The van der Waals surface area contributed by atoms with E-state index in [1.807, 2.05) is 55.5 Å². The van der Waals surface area contributed by atoms with E-state index in [2.05, 4.69) is 11.4 Å². The van der Waals surface area contributed by atoms with Crippen molar-refractivity contribution in [3.05, 3.63) is 65.7 Å². The molecule has 2 aromatic carbocycles. The minimum Gasteiger partial charge on any atom is -0.487 e. The molecule has 5 heteroatoms. The van der Waals surface area contributed by atoms with Gasteiger partial charge in [-0.05, 0) is 37.3 Å².